The van der Waals surface area contributed by atoms with Gasteiger partial charge in [-0.25, -0.2) is 9.97 Å². The van der Waals surface area contributed by atoms with E-state index >= 15 is 0 Å². The first-order valence-corrected chi connectivity index (χ1v) is 18.7. The van der Waals surface area contributed by atoms with Gasteiger partial charge in [0, 0.05) is 69.2 Å². The van der Waals surface area contributed by atoms with Crippen molar-refractivity contribution in [3.8, 4) is 56.4 Å². The summed E-state index contributed by atoms with van der Waals surface area (Å²) in [5, 5.41) is 4.80. The van der Waals surface area contributed by atoms with E-state index in [1.165, 1.54) is 32.8 Å². The van der Waals surface area contributed by atoms with Crippen LogP contribution < -0.4 is 0 Å². The van der Waals surface area contributed by atoms with Crippen LogP contribution >= 0.6 is 0 Å². The number of fused-ring (bicyclic) bond motifs is 6. The standard InChI is InChI=1S/C50H32N6/c1-2-8-39(9-3-1)55-45-12-6-4-10-40(45)42-30-37(18-20-47(42)55)38-19-21-48-43(31-38)41-11-5-7-13-46(41)56(48)49-32-44(53-50(54-49)36-24-28-52-29-25-36)35-16-14-33(15-17-35)34-22-26-51-27-23-34/h1-32H. The summed E-state index contributed by atoms with van der Waals surface area (Å²) in [6.45, 7) is 0. The van der Waals surface area contributed by atoms with E-state index in [0.29, 0.717) is 5.82 Å². The van der Waals surface area contributed by atoms with Gasteiger partial charge in [-0.3, -0.25) is 14.5 Å². The highest BCUT2D eigenvalue weighted by Crippen LogP contribution is 2.39. The first-order valence-electron chi connectivity index (χ1n) is 18.7. The number of hydrogen-bond donors (Lipinski definition) is 0. The summed E-state index contributed by atoms with van der Waals surface area (Å²) in [5.41, 5.74) is 13.0. The molecule has 11 rings (SSSR count). The zero-order chi connectivity index (χ0) is 37.0. The van der Waals surface area contributed by atoms with Crippen molar-refractivity contribution in [1.29, 1.82) is 0 Å². The van der Waals surface area contributed by atoms with E-state index in [9.17, 15) is 0 Å². The Balaban J connectivity index is 1.07. The Morgan fingerprint density at radius 3 is 1.45 bits per heavy atom. The predicted octanol–water partition coefficient (Wildman–Crippen LogP) is 12.1. The van der Waals surface area contributed by atoms with Crippen molar-refractivity contribution >= 4 is 43.6 Å². The van der Waals surface area contributed by atoms with Gasteiger partial charge >= 0.3 is 0 Å². The highest BCUT2D eigenvalue weighted by molar-refractivity contribution is 6.12. The SMILES string of the molecule is c1ccc(-n2c3ccccc3c3cc(-c4ccc5c(c4)c4ccccc4n5-c4cc(-c5ccc(-c6ccncc6)cc5)nc(-c5ccncc5)n4)ccc32)cc1. The van der Waals surface area contributed by atoms with Crippen LogP contribution in [0.4, 0.5) is 0 Å². The largest absolute Gasteiger partial charge is 0.309 e. The van der Waals surface area contributed by atoms with E-state index in [1.807, 2.05) is 36.7 Å². The van der Waals surface area contributed by atoms with E-state index in [2.05, 4.69) is 165 Å². The second kappa shape index (κ2) is 13.0. The number of hydrogen-bond acceptors (Lipinski definition) is 4. The predicted molar refractivity (Wildman–Crippen MR) is 228 cm³/mol. The summed E-state index contributed by atoms with van der Waals surface area (Å²) in [6.07, 6.45) is 7.21. The molecule has 5 heterocycles. The molecular weight excluding hydrogens is 685 g/mol. The molecule has 6 nitrogen and oxygen atoms in total. The number of pyridine rings is 2. The van der Waals surface area contributed by atoms with Gasteiger partial charge in [0.1, 0.15) is 5.82 Å². The third kappa shape index (κ3) is 5.27. The van der Waals surface area contributed by atoms with Crippen molar-refractivity contribution in [2.45, 2.75) is 0 Å². The van der Waals surface area contributed by atoms with E-state index < -0.39 is 0 Å². The number of nitrogens with zero attached hydrogens (tertiary/aromatic N) is 6. The smallest absolute Gasteiger partial charge is 0.162 e. The van der Waals surface area contributed by atoms with Gasteiger partial charge in [-0.05, 0) is 95.1 Å². The fourth-order valence-electron chi connectivity index (χ4n) is 8.11. The molecule has 0 aliphatic heterocycles. The molecule has 262 valence electrons. The minimum atomic E-state index is 0.642. The number of benzene rings is 6. The Bertz CT molecular complexity index is 3220. The number of para-hydroxylation sites is 3. The number of aromatic nitrogens is 6. The highest BCUT2D eigenvalue weighted by atomic mass is 15.1. The lowest BCUT2D eigenvalue weighted by molar-refractivity contribution is 1.05. The molecule has 0 amide bonds. The molecule has 0 radical (unpaired) electrons. The maximum Gasteiger partial charge on any atom is 0.162 e. The molecule has 6 heteroatoms. The summed E-state index contributed by atoms with van der Waals surface area (Å²) in [6, 6.07) is 60.1. The molecule has 56 heavy (non-hydrogen) atoms. The van der Waals surface area contributed by atoms with Crippen LogP contribution in [0.15, 0.2) is 195 Å². The van der Waals surface area contributed by atoms with Crippen LogP contribution in [0.3, 0.4) is 0 Å². The average Bonchev–Trinajstić information content (AvgIpc) is 3.79. The third-order valence-electron chi connectivity index (χ3n) is 10.8. The first-order chi connectivity index (χ1) is 27.8. The van der Waals surface area contributed by atoms with E-state index in [1.54, 1.807) is 12.4 Å². The fourth-order valence-corrected chi connectivity index (χ4v) is 8.11. The summed E-state index contributed by atoms with van der Waals surface area (Å²) in [4.78, 5) is 18.8. The van der Waals surface area contributed by atoms with E-state index in [4.69, 9.17) is 9.97 Å². The van der Waals surface area contributed by atoms with E-state index in [-0.39, 0.29) is 0 Å². The molecule has 0 spiro atoms. The van der Waals surface area contributed by atoms with Gasteiger partial charge in [-0.1, -0.05) is 91.0 Å². The fraction of sp³-hybridized carbons (Fsp3) is 0. The summed E-state index contributed by atoms with van der Waals surface area (Å²) < 4.78 is 4.63. The van der Waals surface area contributed by atoms with Crippen LogP contribution in [0.5, 0.6) is 0 Å². The van der Waals surface area contributed by atoms with Crippen LogP contribution in [0.2, 0.25) is 0 Å². The van der Waals surface area contributed by atoms with Crippen LogP contribution in [0.1, 0.15) is 0 Å². The van der Waals surface area contributed by atoms with Gasteiger partial charge in [0.05, 0.1) is 27.8 Å². The minimum Gasteiger partial charge on any atom is -0.309 e. The molecule has 0 aliphatic rings. The van der Waals surface area contributed by atoms with Crippen LogP contribution in [-0.4, -0.2) is 29.1 Å². The third-order valence-corrected chi connectivity index (χ3v) is 10.8. The van der Waals surface area contributed by atoms with Crippen molar-refractivity contribution in [2.24, 2.45) is 0 Å². The molecule has 0 aliphatic carbocycles. The molecule has 0 fully saturated rings. The van der Waals surface area contributed by atoms with Crippen molar-refractivity contribution in [2.75, 3.05) is 0 Å². The maximum absolute atomic E-state index is 5.22. The van der Waals surface area contributed by atoms with Gasteiger partial charge in [0.15, 0.2) is 5.82 Å². The average molecular weight is 717 g/mol. The highest BCUT2D eigenvalue weighted by Gasteiger charge is 2.18. The van der Waals surface area contributed by atoms with Gasteiger partial charge in [0.25, 0.3) is 0 Å². The molecule has 6 aromatic carbocycles. The second-order valence-corrected chi connectivity index (χ2v) is 14.0. The topological polar surface area (TPSA) is 61.4 Å². The van der Waals surface area contributed by atoms with E-state index in [0.717, 1.165) is 61.4 Å². The van der Waals surface area contributed by atoms with Gasteiger partial charge in [0.2, 0.25) is 0 Å². The van der Waals surface area contributed by atoms with Gasteiger partial charge in [-0.2, -0.15) is 0 Å². The minimum absolute atomic E-state index is 0.642. The molecule has 11 aromatic rings. The normalized spacial score (nSPS) is 11.6. The Morgan fingerprint density at radius 2 is 0.804 bits per heavy atom. The Labute approximate surface area is 322 Å². The van der Waals surface area contributed by atoms with Gasteiger partial charge < -0.3 is 4.57 Å². The Hall–Kier alpha value is -7.70. The van der Waals surface area contributed by atoms with Crippen molar-refractivity contribution in [1.82, 2.24) is 29.1 Å². The molecule has 0 atom stereocenters. The first kappa shape index (κ1) is 31.8. The quantitative estimate of drug-likeness (QED) is 0.172. The number of rotatable bonds is 6. The maximum atomic E-state index is 5.22. The molecule has 0 bridgehead atoms. The van der Waals surface area contributed by atoms with Crippen LogP contribution in [0.25, 0.3) is 100 Å². The molecule has 0 N–H and O–H groups in total. The van der Waals surface area contributed by atoms with Crippen LogP contribution in [0, 0.1) is 0 Å². The zero-order valence-electron chi connectivity index (χ0n) is 30.2. The molecule has 0 unspecified atom stereocenters. The summed E-state index contributed by atoms with van der Waals surface area (Å²) in [5.74, 6) is 1.44. The summed E-state index contributed by atoms with van der Waals surface area (Å²) >= 11 is 0. The lowest BCUT2D eigenvalue weighted by Gasteiger charge is -2.12. The Kier molecular flexibility index (Phi) is 7.38. The lowest BCUT2D eigenvalue weighted by Crippen LogP contribution is -2.02. The second-order valence-electron chi connectivity index (χ2n) is 14.0. The molecular formula is C50H32N6. The van der Waals surface area contributed by atoms with Gasteiger partial charge in [-0.15, -0.1) is 0 Å². The molecule has 0 saturated heterocycles. The molecule has 0 saturated carbocycles. The zero-order valence-corrected chi connectivity index (χ0v) is 30.2. The summed E-state index contributed by atoms with van der Waals surface area (Å²) in [7, 11) is 0. The molecule has 5 aromatic heterocycles. The van der Waals surface area contributed by atoms with Crippen molar-refractivity contribution < 1.29 is 0 Å². The Morgan fingerprint density at radius 1 is 0.321 bits per heavy atom. The monoisotopic (exact) mass is 716 g/mol. The van der Waals surface area contributed by atoms with Crippen molar-refractivity contribution in [3.63, 3.8) is 0 Å². The van der Waals surface area contributed by atoms with Crippen LogP contribution in [-0.2, 0) is 0 Å². The lowest BCUT2D eigenvalue weighted by atomic mass is 10.0. The van der Waals surface area contributed by atoms with Crippen molar-refractivity contribution in [3.05, 3.63) is 195 Å².